The smallest absolute Gasteiger partial charge is 0.241 e. The Morgan fingerprint density at radius 3 is 2.30 bits per heavy atom. The fourth-order valence-electron chi connectivity index (χ4n) is 2.01. The van der Waals surface area contributed by atoms with Crippen LogP contribution in [0.25, 0.3) is 0 Å². The van der Waals surface area contributed by atoms with E-state index in [4.69, 9.17) is 23.2 Å². The highest BCUT2D eigenvalue weighted by Crippen LogP contribution is 2.25. The minimum absolute atomic E-state index is 0.0555. The fourth-order valence-corrected chi connectivity index (χ4v) is 2.39. The zero-order valence-electron chi connectivity index (χ0n) is 10.9. The molecular formula is C16H15Cl2NO. The van der Waals surface area contributed by atoms with Crippen molar-refractivity contribution in [2.24, 2.45) is 0 Å². The summed E-state index contributed by atoms with van der Waals surface area (Å²) in [5, 5.41) is 0.555. The zero-order chi connectivity index (χ0) is 14.4. The molecule has 0 atom stereocenters. The van der Waals surface area contributed by atoms with Gasteiger partial charge in [0.25, 0.3) is 0 Å². The van der Waals surface area contributed by atoms with Gasteiger partial charge in [0, 0.05) is 6.54 Å². The van der Waals surface area contributed by atoms with Gasteiger partial charge in [0.15, 0.2) is 0 Å². The molecule has 2 aromatic carbocycles. The number of amides is 1. The van der Waals surface area contributed by atoms with Gasteiger partial charge in [-0.3, -0.25) is 4.79 Å². The molecule has 0 bridgehead atoms. The predicted molar refractivity (Wildman–Crippen MR) is 84.7 cm³/mol. The highest BCUT2D eigenvalue weighted by Gasteiger charge is 2.16. The Morgan fingerprint density at radius 2 is 1.65 bits per heavy atom. The van der Waals surface area contributed by atoms with E-state index in [-0.39, 0.29) is 11.8 Å². The number of benzene rings is 2. The zero-order valence-corrected chi connectivity index (χ0v) is 12.4. The van der Waals surface area contributed by atoms with E-state index in [1.807, 2.05) is 48.5 Å². The molecule has 2 aromatic rings. The first-order valence-electron chi connectivity index (χ1n) is 6.37. The van der Waals surface area contributed by atoms with Crippen molar-refractivity contribution in [1.29, 1.82) is 0 Å². The van der Waals surface area contributed by atoms with E-state index in [2.05, 4.69) is 0 Å². The summed E-state index contributed by atoms with van der Waals surface area (Å²) in [4.78, 5) is 13.7. The van der Waals surface area contributed by atoms with Gasteiger partial charge in [0.1, 0.15) is 5.88 Å². The molecule has 0 saturated heterocycles. The van der Waals surface area contributed by atoms with Gasteiger partial charge >= 0.3 is 0 Å². The standard InChI is InChI=1S/C16H15Cl2NO/c17-12-16(20)19(15-9-5-4-8-14(15)18)11-10-13-6-2-1-3-7-13/h1-9H,10-12H2. The first-order valence-corrected chi connectivity index (χ1v) is 7.28. The molecule has 0 heterocycles. The number of alkyl halides is 1. The average molecular weight is 308 g/mol. The Hall–Kier alpha value is -1.51. The van der Waals surface area contributed by atoms with Crippen molar-refractivity contribution in [3.05, 3.63) is 65.2 Å². The quantitative estimate of drug-likeness (QED) is 0.760. The SMILES string of the molecule is O=C(CCl)N(CCc1ccccc1)c1ccccc1Cl. The molecule has 0 aliphatic heterocycles. The van der Waals surface area contributed by atoms with Crippen molar-refractivity contribution in [3.63, 3.8) is 0 Å². The highest BCUT2D eigenvalue weighted by molar-refractivity contribution is 6.35. The van der Waals surface area contributed by atoms with Crippen LogP contribution in [0.1, 0.15) is 5.56 Å². The Morgan fingerprint density at radius 1 is 1.00 bits per heavy atom. The van der Waals surface area contributed by atoms with E-state index in [9.17, 15) is 4.79 Å². The molecule has 2 rings (SSSR count). The van der Waals surface area contributed by atoms with Crippen LogP contribution in [-0.4, -0.2) is 18.3 Å². The first-order chi connectivity index (χ1) is 9.72. The number of nitrogens with zero attached hydrogens (tertiary/aromatic N) is 1. The van der Waals surface area contributed by atoms with Crippen LogP contribution in [0.3, 0.4) is 0 Å². The third-order valence-electron chi connectivity index (χ3n) is 3.03. The number of carbonyl (C=O) groups is 1. The van der Waals surface area contributed by atoms with Gasteiger partial charge in [-0.15, -0.1) is 11.6 Å². The summed E-state index contributed by atoms with van der Waals surface area (Å²) in [6.07, 6.45) is 0.759. The van der Waals surface area contributed by atoms with E-state index in [0.717, 1.165) is 6.42 Å². The molecule has 2 nitrogen and oxygen atoms in total. The number of anilines is 1. The lowest BCUT2D eigenvalue weighted by molar-refractivity contribution is -0.116. The number of para-hydroxylation sites is 1. The Labute approximate surface area is 128 Å². The second-order valence-corrected chi connectivity index (χ2v) is 5.04. The molecule has 0 unspecified atom stereocenters. The summed E-state index contributed by atoms with van der Waals surface area (Å²) in [6.45, 7) is 0.555. The average Bonchev–Trinajstić information content (AvgIpc) is 2.50. The third kappa shape index (κ3) is 3.75. The second-order valence-electron chi connectivity index (χ2n) is 4.37. The van der Waals surface area contributed by atoms with Crippen molar-refractivity contribution in [2.75, 3.05) is 17.3 Å². The molecule has 0 fully saturated rings. The van der Waals surface area contributed by atoms with E-state index in [1.165, 1.54) is 5.56 Å². The van der Waals surface area contributed by atoms with Crippen LogP contribution in [0.5, 0.6) is 0 Å². The van der Waals surface area contributed by atoms with Crippen LogP contribution in [-0.2, 0) is 11.2 Å². The minimum atomic E-state index is -0.143. The van der Waals surface area contributed by atoms with Crippen LogP contribution in [0.4, 0.5) is 5.69 Å². The normalized spacial score (nSPS) is 10.3. The molecule has 4 heteroatoms. The lowest BCUT2D eigenvalue weighted by Gasteiger charge is -2.23. The van der Waals surface area contributed by atoms with Gasteiger partial charge < -0.3 is 4.90 Å². The third-order valence-corrected chi connectivity index (χ3v) is 3.57. The number of carbonyl (C=O) groups excluding carboxylic acids is 1. The molecule has 104 valence electrons. The minimum Gasteiger partial charge on any atom is -0.310 e. The lowest BCUT2D eigenvalue weighted by Crippen LogP contribution is -2.34. The lowest BCUT2D eigenvalue weighted by atomic mass is 10.1. The molecule has 20 heavy (non-hydrogen) atoms. The van der Waals surface area contributed by atoms with Gasteiger partial charge in [-0.05, 0) is 24.1 Å². The summed E-state index contributed by atoms with van der Waals surface area (Å²) in [5.74, 6) is -0.198. The van der Waals surface area contributed by atoms with Crippen molar-refractivity contribution in [3.8, 4) is 0 Å². The number of rotatable bonds is 5. The van der Waals surface area contributed by atoms with E-state index >= 15 is 0 Å². The van der Waals surface area contributed by atoms with Gasteiger partial charge in [0.05, 0.1) is 10.7 Å². The second kappa shape index (κ2) is 7.32. The first kappa shape index (κ1) is 14.9. The molecule has 0 aliphatic carbocycles. The van der Waals surface area contributed by atoms with Crippen molar-refractivity contribution < 1.29 is 4.79 Å². The Bertz CT molecular complexity index is 572. The van der Waals surface area contributed by atoms with E-state index < -0.39 is 0 Å². The van der Waals surface area contributed by atoms with Crippen LogP contribution >= 0.6 is 23.2 Å². The van der Waals surface area contributed by atoms with Crippen molar-refractivity contribution >= 4 is 34.8 Å². The van der Waals surface area contributed by atoms with Crippen molar-refractivity contribution in [1.82, 2.24) is 0 Å². The predicted octanol–water partition coefficient (Wildman–Crippen LogP) is 4.15. The summed E-state index contributed by atoms with van der Waals surface area (Å²) < 4.78 is 0. The monoisotopic (exact) mass is 307 g/mol. The van der Waals surface area contributed by atoms with Gasteiger partial charge in [0.2, 0.25) is 5.91 Å². The van der Waals surface area contributed by atoms with Gasteiger partial charge in [-0.1, -0.05) is 54.1 Å². The summed E-state index contributed by atoms with van der Waals surface area (Å²) in [6, 6.07) is 17.3. The van der Waals surface area contributed by atoms with Gasteiger partial charge in [-0.25, -0.2) is 0 Å². The maximum atomic E-state index is 12.0. The summed E-state index contributed by atoms with van der Waals surface area (Å²) in [7, 11) is 0. The molecular weight excluding hydrogens is 293 g/mol. The van der Waals surface area contributed by atoms with Crippen LogP contribution < -0.4 is 4.90 Å². The van der Waals surface area contributed by atoms with E-state index in [0.29, 0.717) is 17.3 Å². The highest BCUT2D eigenvalue weighted by atomic mass is 35.5. The maximum absolute atomic E-state index is 12.0. The molecule has 0 N–H and O–H groups in total. The van der Waals surface area contributed by atoms with Gasteiger partial charge in [-0.2, -0.15) is 0 Å². The van der Waals surface area contributed by atoms with Crippen molar-refractivity contribution in [2.45, 2.75) is 6.42 Å². The van der Waals surface area contributed by atoms with Crippen LogP contribution in [0.15, 0.2) is 54.6 Å². The molecule has 0 aliphatic rings. The summed E-state index contributed by atoms with van der Waals surface area (Å²) in [5.41, 5.74) is 1.88. The Kier molecular flexibility index (Phi) is 5.45. The molecule has 0 spiro atoms. The largest absolute Gasteiger partial charge is 0.310 e. The fraction of sp³-hybridized carbons (Fsp3) is 0.188. The Balaban J connectivity index is 2.17. The van der Waals surface area contributed by atoms with Crippen LogP contribution in [0, 0.1) is 0 Å². The van der Waals surface area contributed by atoms with E-state index in [1.54, 1.807) is 11.0 Å². The topological polar surface area (TPSA) is 20.3 Å². The maximum Gasteiger partial charge on any atom is 0.241 e. The number of hydrogen-bond acceptors (Lipinski definition) is 1. The molecule has 0 radical (unpaired) electrons. The molecule has 0 aromatic heterocycles. The molecule has 0 saturated carbocycles. The molecule has 1 amide bonds. The van der Waals surface area contributed by atoms with Crippen LogP contribution in [0.2, 0.25) is 5.02 Å². The number of halogens is 2. The number of hydrogen-bond donors (Lipinski definition) is 0. The summed E-state index contributed by atoms with van der Waals surface area (Å²) >= 11 is 11.9.